The number of carbonyl (C=O) groups is 3. The molecule has 28 heavy (non-hydrogen) atoms. The smallest absolute Gasteiger partial charge is 0.330 e. The van der Waals surface area contributed by atoms with Crippen LogP contribution in [-0.4, -0.2) is 30.0 Å². The summed E-state index contributed by atoms with van der Waals surface area (Å²) in [5, 5.41) is 14.8. The van der Waals surface area contributed by atoms with E-state index >= 15 is 0 Å². The summed E-state index contributed by atoms with van der Waals surface area (Å²) in [7, 11) is 1.51. The first-order chi connectivity index (χ1) is 13.3. The first kappa shape index (κ1) is 21.0. The van der Waals surface area contributed by atoms with E-state index in [1.807, 2.05) is 31.2 Å². The number of aryl methyl sites for hydroxylation is 1. The lowest BCUT2D eigenvalue weighted by Gasteiger charge is -2.20. The van der Waals surface area contributed by atoms with Gasteiger partial charge in [-0.25, -0.2) is 4.79 Å². The Morgan fingerprint density at radius 1 is 0.964 bits per heavy atom. The van der Waals surface area contributed by atoms with E-state index < -0.39 is 24.0 Å². The first-order valence-electron chi connectivity index (χ1n) is 8.80. The predicted octanol–water partition coefficient (Wildman–Crippen LogP) is 2.51. The predicted molar refractivity (Wildman–Crippen MR) is 104 cm³/mol. The maximum atomic E-state index is 12.5. The van der Waals surface area contributed by atoms with Crippen LogP contribution in [0.5, 0.6) is 5.75 Å². The van der Waals surface area contributed by atoms with Gasteiger partial charge >= 0.3 is 5.97 Å². The Balaban J connectivity index is 2.14. The summed E-state index contributed by atoms with van der Waals surface area (Å²) in [6.45, 7) is 3.31. The quantitative estimate of drug-likeness (QED) is 0.649. The second kappa shape index (κ2) is 9.55. The molecule has 7 nitrogen and oxygen atoms in total. The Labute approximate surface area is 163 Å². The van der Waals surface area contributed by atoms with E-state index in [2.05, 4.69) is 10.6 Å². The van der Waals surface area contributed by atoms with Crippen molar-refractivity contribution in [3.8, 4) is 5.75 Å². The van der Waals surface area contributed by atoms with Gasteiger partial charge in [0.1, 0.15) is 5.75 Å². The topological polar surface area (TPSA) is 105 Å². The highest BCUT2D eigenvalue weighted by atomic mass is 16.5. The molecule has 0 spiro atoms. The number of hydrogen-bond donors (Lipinski definition) is 3. The molecule has 2 aromatic carbocycles. The van der Waals surface area contributed by atoms with Gasteiger partial charge in [0.15, 0.2) is 6.04 Å². The molecule has 148 valence electrons. The second-order valence-corrected chi connectivity index (χ2v) is 6.48. The van der Waals surface area contributed by atoms with Crippen molar-refractivity contribution >= 4 is 17.8 Å². The number of carbonyl (C=O) groups excluding carboxylic acids is 2. The second-order valence-electron chi connectivity index (χ2n) is 6.48. The van der Waals surface area contributed by atoms with E-state index in [9.17, 15) is 19.5 Å². The van der Waals surface area contributed by atoms with E-state index in [0.717, 1.165) is 11.1 Å². The Morgan fingerprint density at radius 2 is 1.54 bits per heavy atom. The third kappa shape index (κ3) is 5.84. The van der Waals surface area contributed by atoms with Gasteiger partial charge in [-0.3, -0.25) is 9.59 Å². The van der Waals surface area contributed by atoms with Gasteiger partial charge in [0, 0.05) is 6.92 Å². The summed E-state index contributed by atoms with van der Waals surface area (Å²) in [5.74, 6) is -1.35. The number of benzene rings is 2. The SMILES string of the molecule is COc1ccc(C(NC(=O)CC(NC(C)=O)c2ccc(C)cc2)C(=O)O)cc1. The molecule has 0 fully saturated rings. The summed E-state index contributed by atoms with van der Waals surface area (Å²) in [5.41, 5.74) is 2.25. The van der Waals surface area contributed by atoms with Gasteiger partial charge in [0.25, 0.3) is 0 Å². The Kier molecular flexibility index (Phi) is 7.14. The summed E-state index contributed by atoms with van der Waals surface area (Å²) in [6.07, 6.45) is -0.0808. The molecule has 7 heteroatoms. The van der Waals surface area contributed by atoms with Crippen LogP contribution in [0.4, 0.5) is 0 Å². The van der Waals surface area contributed by atoms with E-state index in [0.29, 0.717) is 11.3 Å². The number of amides is 2. The average molecular weight is 384 g/mol. The molecule has 0 saturated heterocycles. The van der Waals surface area contributed by atoms with E-state index in [1.165, 1.54) is 14.0 Å². The largest absolute Gasteiger partial charge is 0.497 e. The standard InChI is InChI=1S/C21H24N2O5/c1-13-4-6-15(7-5-13)18(22-14(2)24)12-19(25)23-20(21(26)27)16-8-10-17(28-3)11-9-16/h4-11,18,20H,12H2,1-3H3,(H,22,24)(H,23,25)(H,26,27). The molecule has 0 bridgehead atoms. The molecule has 0 aliphatic heterocycles. The fraction of sp³-hybridized carbons (Fsp3) is 0.286. The molecule has 2 rings (SSSR count). The number of carboxylic acid groups (broad SMARTS) is 1. The summed E-state index contributed by atoms with van der Waals surface area (Å²) in [6, 6.07) is 12.1. The van der Waals surface area contributed by atoms with Crippen LogP contribution < -0.4 is 15.4 Å². The van der Waals surface area contributed by atoms with Crippen molar-refractivity contribution in [3.63, 3.8) is 0 Å². The van der Waals surface area contributed by atoms with Crippen molar-refractivity contribution in [2.24, 2.45) is 0 Å². The number of nitrogens with one attached hydrogen (secondary N) is 2. The zero-order valence-electron chi connectivity index (χ0n) is 16.1. The number of rotatable bonds is 8. The zero-order valence-corrected chi connectivity index (χ0v) is 16.1. The molecule has 0 aliphatic rings. The highest BCUT2D eigenvalue weighted by Crippen LogP contribution is 2.21. The van der Waals surface area contributed by atoms with E-state index in [4.69, 9.17) is 4.74 Å². The third-order valence-corrected chi connectivity index (χ3v) is 4.25. The van der Waals surface area contributed by atoms with Gasteiger partial charge in [-0.05, 0) is 30.2 Å². The molecule has 3 N–H and O–H groups in total. The van der Waals surface area contributed by atoms with Gasteiger partial charge in [-0.15, -0.1) is 0 Å². The zero-order chi connectivity index (χ0) is 20.7. The lowest BCUT2D eigenvalue weighted by atomic mass is 10.0. The minimum Gasteiger partial charge on any atom is -0.497 e. The number of carboxylic acids is 1. The lowest BCUT2D eigenvalue weighted by molar-refractivity contribution is -0.142. The van der Waals surface area contributed by atoms with Crippen LogP contribution in [0.2, 0.25) is 0 Å². The molecule has 2 aromatic rings. The Morgan fingerprint density at radius 3 is 2.04 bits per heavy atom. The van der Waals surface area contributed by atoms with Gasteiger partial charge in [0.2, 0.25) is 11.8 Å². The Hall–Kier alpha value is -3.35. The van der Waals surface area contributed by atoms with Crippen molar-refractivity contribution in [1.82, 2.24) is 10.6 Å². The van der Waals surface area contributed by atoms with Gasteiger partial charge < -0.3 is 20.5 Å². The van der Waals surface area contributed by atoms with Crippen molar-refractivity contribution in [2.75, 3.05) is 7.11 Å². The molecule has 0 aliphatic carbocycles. The molecule has 0 saturated carbocycles. The fourth-order valence-electron chi connectivity index (χ4n) is 2.79. The van der Waals surface area contributed by atoms with Crippen molar-refractivity contribution in [1.29, 1.82) is 0 Å². The monoisotopic (exact) mass is 384 g/mol. The maximum Gasteiger partial charge on any atom is 0.330 e. The summed E-state index contributed by atoms with van der Waals surface area (Å²) < 4.78 is 5.06. The lowest BCUT2D eigenvalue weighted by Crippen LogP contribution is -2.37. The van der Waals surface area contributed by atoms with Gasteiger partial charge in [-0.2, -0.15) is 0 Å². The maximum absolute atomic E-state index is 12.5. The number of hydrogen-bond acceptors (Lipinski definition) is 4. The Bertz CT molecular complexity index is 831. The van der Waals surface area contributed by atoms with E-state index in [-0.39, 0.29) is 12.3 Å². The van der Waals surface area contributed by atoms with Crippen LogP contribution in [0, 0.1) is 6.92 Å². The molecule has 0 aromatic heterocycles. The summed E-state index contributed by atoms with van der Waals surface area (Å²) in [4.78, 5) is 35.7. The molecule has 2 unspecified atom stereocenters. The molecule has 0 heterocycles. The summed E-state index contributed by atoms with van der Waals surface area (Å²) >= 11 is 0. The van der Waals surface area contributed by atoms with Crippen LogP contribution in [0.3, 0.4) is 0 Å². The fourth-order valence-corrected chi connectivity index (χ4v) is 2.79. The minimum absolute atomic E-state index is 0.0808. The van der Waals surface area contributed by atoms with Crippen LogP contribution >= 0.6 is 0 Å². The molecule has 2 atom stereocenters. The van der Waals surface area contributed by atoms with Gasteiger partial charge in [0.05, 0.1) is 19.6 Å². The number of ether oxygens (including phenoxy) is 1. The van der Waals surface area contributed by atoms with Crippen LogP contribution in [0.25, 0.3) is 0 Å². The number of methoxy groups -OCH3 is 1. The molecule has 0 radical (unpaired) electrons. The van der Waals surface area contributed by atoms with Crippen LogP contribution in [-0.2, 0) is 14.4 Å². The van der Waals surface area contributed by atoms with E-state index in [1.54, 1.807) is 24.3 Å². The first-order valence-corrected chi connectivity index (χ1v) is 8.80. The van der Waals surface area contributed by atoms with Crippen molar-refractivity contribution in [3.05, 3.63) is 65.2 Å². The van der Waals surface area contributed by atoms with Crippen LogP contribution in [0.1, 0.15) is 42.1 Å². The minimum atomic E-state index is -1.20. The molecular formula is C21H24N2O5. The molecule has 2 amide bonds. The average Bonchev–Trinajstić information content (AvgIpc) is 2.66. The highest BCUT2D eigenvalue weighted by Gasteiger charge is 2.24. The van der Waals surface area contributed by atoms with Crippen molar-refractivity contribution < 1.29 is 24.2 Å². The van der Waals surface area contributed by atoms with Crippen LogP contribution in [0.15, 0.2) is 48.5 Å². The van der Waals surface area contributed by atoms with Crippen molar-refractivity contribution in [2.45, 2.75) is 32.4 Å². The number of aliphatic carboxylic acids is 1. The molecular weight excluding hydrogens is 360 g/mol. The highest BCUT2D eigenvalue weighted by molar-refractivity contribution is 5.85. The normalized spacial score (nSPS) is 12.5. The van der Waals surface area contributed by atoms with Gasteiger partial charge in [-0.1, -0.05) is 42.0 Å². The third-order valence-electron chi connectivity index (χ3n) is 4.25.